The third kappa shape index (κ3) is 2.21. The highest BCUT2D eigenvalue weighted by Crippen LogP contribution is 2.33. The number of hydrogen-bond donors (Lipinski definition) is 1. The molecule has 3 amide bonds. The Balaban J connectivity index is 1.97. The Labute approximate surface area is 131 Å². The van der Waals surface area contributed by atoms with E-state index < -0.39 is 35.4 Å². The third-order valence-electron chi connectivity index (χ3n) is 3.66. The first-order valence-electron chi connectivity index (χ1n) is 6.21. The molecule has 0 radical (unpaired) electrons. The molecule has 21 heavy (non-hydrogen) atoms. The molecule has 1 aromatic rings. The van der Waals surface area contributed by atoms with Crippen molar-refractivity contribution in [3.63, 3.8) is 0 Å². The number of carbonyl (C=O) groups is 3. The Kier molecular flexibility index (Phi) is 3.42. The van der Waals surface area contributed by atoms with E-state index >= 15 is 0 Å². The Morgan fingerprint density at radius 2 is 2.00 bits per heavy atom. The first kappa shape index (κ1) is 14.4. The maximum absolute atomic E-state index is 13.8. The van der Waals surface area contributed by atoms with Gasteiger partial charge in [0.15, 0.2) is 11.6 Å². The van der Waals surface area contributed by atoms with Crippen molar-refractivity contribution < 1.29 is 23.2 Å². The van der Waals surface area contributed by atoms with Crippen molar-refractivity contribution in [1.82, 2.24) is 10.2 Å². The first-order chi connectivity index (χ1) is 9.90. The van der Waals surface area contributed by atoms with Crippen LogP contribution in [0, 0.1) is 15.2 Å². The summed E-state index contributed by atoms with van der Waals surface area (Å²) in [6, 6.07) is 0.126. The summed E-state index contributed by atoms with van der Waals surface area (Å²) < 4.78 is 27.6. The normalized spacial score (nSPS) is 21.6. The van der Waals surface area contributed by atoms with Crippen molar-refractivity contribution in [3.05, 3.63) is 32.4 Å². The molecule has 0 aromatic heterocycles. The van der Waals surface area contributed by atoms with Crippen molar-refractivity contribution in [2.75, 3.05) is 0 Å². The molecule has 0 bridgehead atoms. The number of halogens is 3. The summed E-state index contributed by atoms with van der Waals surface area (Å²) in [6.45, 7) is -0.167. The number of piperidine rings is 1. The van der Waals surface area contributed by atoms with Gasteiger partial charge >= 0.3 is 0 Å². The highest BCUT2D eigenvalue weighted by molar-refractivity contribution is 14.1. The molecule has 0 saturated carbocycles. The van der Waals surface area contributed by atoms with Gasteiger partial charge in [-0.25, -0.2) is 8.78 Å². The molecule has 8 heteroatoms. The summed E-state index contributed by atoms with van der Waals surface area (Å²) in [5.74, 6) is -3.57. The van der Waals surface area contributed by atoms with Crippen LogP contribution in [0.15, 0.2) is 6.07 Å². The van der Waals surface area contributed by atoms with Gasteiger partial charge in [0.1, 0.15) is 6.04 Å². The van der Waals surface area contributed by atoms with E-state index in [2.05, 4.69) is 5.32 Å². The molecular weight excluding hydrogens is 397 g/mol. The van der Waals surface area contributed by atoms with Gasteiger partial charge in [-0.3, -0.25) is 19.7 Å². The van der Waals surface area contributed by atoms with Crippen LogP contribution in [0.1, 0.15) is 28.8 Å². The Morgan fingerprint density at radius 3 is 2.67 bits per heavy atom. The number of amides is 3. The fourth-order valence-electron chi connectivity index (χ4n) is 2.64. The average Bonchev–Trinajstić information content (AvgIpc) is 2.75. The molecule has 1 unspecified atom stereocenters. The molecule has 2 heterocycles. The lowest BCUT2D eigenvalue weighted by Crippen LogP contribution is -2.52. The molecule has 0 spiro atoms. The summed E-state index contributed by atoms with van der Waals surface area (Å²) in [5, 5.41) is 2.15. The van der Waals surface area contributed by atoms with Gasteiger partial charge in [0.05, 0.1) is 12.1 Å². The van der Waals surface area contributed by atoms with Crippen LogP contribution in [-0.4, -0.2) is 28.7 Å². The summed E-state index contributed by atoms with van der Waals surface area (Å²) in [5.41, 5.74) is 0.0632. The van der Waals surface area contributed by atoms with E-state index in [1.165, 1.54) is 4.90 Å². The van der Waals surface area contributed by atoms with Gasteiger partial charge in [0.25, 0.3) is 5.91 Å². The zero-order valence-corrected chi connectivity index (χ0v) is 12.7. The van der Waals surface area contributed by atoms with E-state index in [1.807, 2.05) is 0 Å². The molecule has 2 aliphatic heterocycles. The lowest BCUT2D eigenvalue weighted by molar-refractivity contribution is -0.136. The molecular formula is C13H9F2IN2O3. The lowest BCUT2D eigenvalue weighted by atomic mass is 10.0. The van der Waals surface area contributed by atoms with Gasteiger partial charge in [0, 0.05) is 15.6 Å². The SMILES string of the molecule is O=C1CCC(N2Cc3c(F)c(F)cc(I)c3C2=O)C(=O)N1. The summed E-state index contributed by atoms with van der Waals surface area (Å²) in [4.78, 5) is 36.5. The second kappa shape index (κ2) is 5.00. The summed E-state index contributed by atoms with van der Waals surface area (Å²) in [6.07, 6.45) is 0.301. The Bertz CT molecular complexity index is 692. The van der Waals surface area contributed by atoms with Crippen LogP contribution in [0.3, 0.4) is 0 Å². The maximum Gasteiger partial charge on any atom is 0.256 e. The first-order valence-corrected chi connectivity index (χ1v) is 7.29. The summed E-state index contributed by atoms with van der Waals surface area (Å²) >= 11 is 1.76. The molecule has 110 valence electrons. The zero-order valence-electron chi connectivity index (χ0n) is 10.6. The van der Waals surface area contributed by atoms with Gasteiger partial charge < -0.3 is 4.90 Å². The van der Waals surface area contributed by atoms with Crippen LogP contribution < -0.4 is 5.32 Å². The van der Waals surface area contributed by atoms with Crippen LogP contribution in [0.5, 0.6) is 0 Å². The van der Waals surface area contributed by atoms with Gasteiger partial charge in [-0.2, -0.15) is 0 Å². The van der Waals surface area contributed by atoms with Crippen molar-refractivity contribution in [2.24, 2.45) is 0 Å². The fourth-order valence-corrected chi connectivity index (χ4v) is 3.47. The third-order valence-corrected chi connectivity index (χ3v) is 4.51. The minimum atomic E-state index is -1.06. The van der Waals surface area contributed by atoms with Gasteiger partial charge in [0.2, 0.25) is 11.8 Å². The number of imide groups is 1. The number of fused-ring (bicyclic) bond motifs is 1. The Hall–Kier alpha value is -1.58. The number of nitrogens with one attached hydrogen (secondary N) is 1. The Morgan fingerprint density at radius 1 is 1.29 bits per heavy atom. The van der Waals surface area contributed by atoms with Crippen LogP contribution in [0.4, 0.5) is 8.78 Å². The largest absolute Gasteiger partial charge is 0.322 e. The number of carbonyl (C=O) groups excluding carboxylic acids is 3. The van der Waals surface area contributed by atoms with Crippen LogP contribution in [-0.2, 0) is 16.1 Å². The van der Waals surface area contributed by atoms with E-state index in [0.717, 1.165) is 6.07 Å². The highest BCUT2D eigenvalue weighted by atomic mass is 127. The predicted molar refractivity (Wildman–Crippen MR) is 75.1 cm³/mol. The average molecular weight is 406 g/mol. The second-order valence-electron chi connectivity index (χ2n) is 4.91. The van der Waals surface area contributed by atoms with Crippen LogP contribution in [0.25, 0.3) is 0 Å². The fraction of sp³-hybridized carbons (Fsp3) is 0.308. The van der Waals surface area contributed by atoms with Gasteiger partial charge in [-0.05, 0) is 35.1 Å². The molecule has 0 aliphatic carbocycles. The van der Waals surface area contributed by atoms with Gasteiger partial charge in [-0.15, -0.1) is 0 Å². The molecule has 1 N–H and O–H groups in total. The van der Waals surface area contributed by atoms with Crippen molar-refractivity contribution in [2.45, 2.75) is 25.4 Å². The van der Waals surface area contributed by atoms with E-state index in [0.29, 0.717) is 3.57 Å². The molecule has 5 nitrogen and oxygen atoms in total. The van der Waals surface area contributed by atoms with E-state index in [-0.39, 0.29) is 30.5 Å². The molecule has 2 aliphatic rings. The number of benzene rings is 1. The molecule has 1 aromatic carbocycles. The monoisotopic (exact) mass is 406 g/mol. The summed E-state index contributed by atoms with van der Waals surface area (Å²) in [7, 11) is 0. The lowest BCUT2D eigenvalue weighted by Gasteiger charge is -2.29. The topological polar surface area (TPSA) is 66.5 Å². The van der Waals surface area contributed by atoms with E-state index in [1.54, 1.807) is 22.6 Å². The van der Waals surface area contributed by atoms with Crippen LogP contribution >= 0.6 is 22.6 Å². The van der Waals surface area contributed by atoms with Crippen LogP contribution in [0.2, 0.25) is 0 Å². The predicted octanol–water partition coefficient (Wildman–Crippen LogP) is 1.33. The van der Waals surface area contributed by atoms with Crippen molar-refractivity contribution in [3.8, 4) is 0 Å². The van der Waals surface area contributed by atoms with E-state index in [4.69, 9.17) is 0 Å². The second-order valence-corrected chi connectivity index (χ2v) is 6.07. The highest BCUT2D eigenvalue weighted by Gasteiger charge is 2.41. The quantitative estimate of drug-likeness (QED) is 0.435. The minimum absolute atomic E-state index is 0.0332. The van der Waals surface area contributed by atoms with Crippen molar-refractivity contribution >= 4 is 40.3 Å². The van der Waals surface area contributed by atoms with E-state index in [9.17, 15) is 23.2 Å². The molecule has 1 atom stereocenters. The van der Waals surface area contributed by atoms with Crippen molar-refractivity contribution in [1.29, 1.82) is 0 Å². The van der Waals surface area contributed by atoms with Gasteiger partial charge in [-0.1, -0.05) is 0 Å². The maximum atomic E-state index is 13.8. The molecule has 1 fully saturated rings. The smallest absolute Gasteiger partial charge is 0.256 e. The minimum Gasteiger partial charge on any atom is -0.322 e. The molecule has 3 rings (SSSR count). The molecule has 1 saturated heterocycles. The number of rotatable bonds is 1. The standard InChI is InChI=1S/C13H9F2IN2O3/c14-6-3-7(16)10-5(11(6)15)4-18(13(10)21)8-1-2-9(19)17-12(8)20/h3,8H,1-2,4H2,(H,17,19,20). The number of hydrogen-bond acceptors (Lipinski definition) is 3. The zero-order chi connectivity index (χ0) is 15.3. The number of nitrogens with zero attached hydrogens (tertiary/aromatic N) is 1.